The highest BCUT2D eigenvalue weighted by Crippen LogP contribution is 2.30. The number of anilines is 2. The first kappa shape index (κ1) is 17.8. The number of amides is 1. The maximum absolute atomic E-state index is 12.0. The van der Waals surface area contributed by atoms with Crippen LogP contribution in [0.5, 0.6) is 0 Å². The van der Waals surface area contributed by atoms with Crippen LogP contribution in [-0.2, 0) is 15.1 Å². The molecular weight excluding hydrogens is 346 g/mol. The van der Waals surface area contributed by atoms with E-state index in [1.54, 1.807) is 32.3 Å². The van der Waals surface area contributed by atoms with Crippen LogP contribution in [0.15, 0.2) is 24.5 Å². The van der Waals surface area contributed by atoms with E-state index in [0.717, 1.165) is 25.0 Å². The molecular formula is C19H23N5O3. The molecule has 0 aliphatic carbocycles. The van der Waals surface area contributed by atoms with Crippen molar-refractivity contribution in [3.05, 3.63) is 30.2 Å². The van der Waals surface area contributed by atoms with E-state index in [0.29, 0.717) is 29.6 Å². The molecule has 0 spiro atoms. The summed E-state index contributed by atoms with van der Waals surface area (Å²) in [6.45, 7) is 5.01. The summed E-state index contributed by atoms with van der Waals surface area (Å²) in [5, 5.41) is 12.8. The number of pyridine rings is 1. The van der Waals surface area contributed by atoms with E-state index in [2.05, 4.69) is 15.3 Å². The second-order valence-corrected chi connectivity index (χ2v) is 7.48. The van der Waals surface area contributed by atoms with Crippen LogP contribution in [0.25, 0.3) is 11.3 Å². The number of nitrogens with one attached hydrogen (secondary N) is 1. The van der Waals surface area contributed by atoms with Crippen molar-refractivity contribution in [2.24, 2.45) is 0 Å². The number of aromatic nitrogens is 3. The third kappa shape index (κ3) is 3.77. The van der Waals surface area contributed by atoms with Gasteiger partial charge >= 0.3 is 0 Å². The molecule has 27 heavy (non-hydrogen) atoms. The molecule has 1 saturated heterocycles. The lowest BCUT2D eigenvalue weighted by Gasteiger charge is -2.30. The summed E-state index contributed by atoms with van der Waals surface area (Å²) in [5.41, 5.74) is 1.05. The zero-order valence-corrected chi connectivity index (χ0v) is 15.5. The number of carbonyl (C=O) groups is 1. The predicted octanol–water partition coefficient (Wildman–Crippen LogP) is 1.70. The van der Waals surface area contributed by atoms with Gasteiger partial charge in [0.1, 0.15) is 5.60 Å². The van der Waals surface area contributed by atoms with Crippen molar-refractivity contribution >= 4 is 17.5 Å². The van der Waals surface area contributed by atoms with E-state index >= 15 is 0 Å². The van der Waals surface area contributed by atoms with Crippen LogP contribution in [0, 0.1) is 0 Å². The Morgan fingerprint density at radius 1 is 1.33 bits per heavy atom. The maximum atomic E-state index is 12.0. The van der Waals surface area contributed by atoms with Gasteiger partial charge in [0, 0.05) is 24.9 Å². The number of aliphatic hydroxyl groups is 1. The SMILES string of the molecule is CC(C)(O)c1ccc(-c2cnc3c(n2)N(C[C@H]2CCCO2)CC(=O)N3)cn1. The van der Waals surface area contributed by atoms with E-state index in [9.17, 15) is 9.90 Å². The second kappa shape index (κ2) is 6.86. The van der Waals surface area contributed by atoms with Crippen LogP contribution in [0.3, 0.4) is 0 Å². The summed E-state index contributed by atoms with van der Waals surface area (Å²) >= 11 is 0. The Kier molecular flexibility index (Phi) is 4.53. The minimum absolute atomic E-state index is 0.0984. The fourth-order valence-corrected chi connectivity index (χ4v) is 3.34. The molecule has 1 fully saturated rings. The van der Waals surface area contributed by atoms with Crippen LogP contribution < -0.4 is 10.2 Å². The summed E-state index contributed by atoms with van der Waals surface area (Å²) in [6.07, 6.45) is 5.44. The minimum atomic E-state index is -0.998. The van der Waals surface area contributed by atoms with E-state index in [4.69, 9.17) is 9.72 Å². The number of hydrogen-bond acceptors (Lipinski definition) is 7. The zero-order valence-electron chi connectivity index (χ0n) is 15.5. The topological polar surface area (TPSA) is 100 Å². The molecule has 2 aromatic rings. The monoisotopic (exact) mass is 369 g/mol. The van der Waals surface area contributed by atoms with Gasteiger partial charge in [0.15, 0.2) is 11.6 Å². The highest BCUT2D eigenvalue weighted by atomic mass is 16.5. The molecule has 0 aromatic carbocycles. The molecule has 8 heteroatoms. The molecule has 1 atom stereocenters. The van der Waals surface area contributed by atoms with Gasteiger partial charge < -0.3 is 20.1 Å². The fourth-order valence-electron chi connectivity index (χ4n) is 3.34. The third-order valence-electron chi connectivity index (χ3n) is 4.78. The number of ether oxygens (including phenoxy) is 1. The summed E-state index contributed by atoms with van der Waals surface area (Å²) in [6, 6.07) is 3.64. The van der Waals surface area contributed by atoms with E-state index in [-0.39, 0.29) is 18.6 Å². The first-order valence-corrected chi connectivity index (χ1v) is 9.13. The van der Waals surface area contributed by atoms with Gasteiger partial charge in [0.25, 0.3) is 0 Å². The Morgan fingerprint density at radius 2 is 2.19 bits per heavy atom. The van der Waals surface area contributed by atoms with Crippen molar-refractivity contribution in [1.29, 1.82) is 0 Å². The highest BCUT2D eigenvalue weighted by Gasteiger charge is 2.29. The lowest BCUT2D eigenvalue weighted by Crippen LogP contribution is -2.43. The molecule has 2 aliphatic heterocycles. The number of nitrogens with zero attached hydrogens (tertiary/aromatic N) is 4. The number of rotatable bonds is 4. The van der Waals surface area contributed by atoms with Gasteiger partial charge in [0.05, 0.1) is 30.2 Å². The standard InChI is InChI=1S/C19H23N5O3/c1-19(2,26)15-6-5-12(8-20-15)14-9-21-17-18(22-14)24(11-16(25)23-17)10-13-4-3-7-27-13/h5-6,8-9,13,26H,3-4,7,10-11H2,1-2H3,(H,21,23,25)/t13-/m1/s1. The van der Waals surface area contributed by atoms with Crippen molar-refractivity contribution in [2.45, 2.75) is 38.4 Å². The van der Waals surface area contributed by atoms with Crippen molar-refractivity contribution in [3.63, 3.8) is 0 Å². The van der Waals surface area contributed by atoms with Gasteiger partial charge in [-0.25, -0.2) is 9.97 Å². The van der Waals surface area contributed by atoms with Gasteiger partial charge in [-0.2, -0.15) is 0 Å². The van der Waals surface area contributed by atoms with Crippen LogP contribution in [-0.4, -0.2) is 51.8 Å². The lowest BCUT2D eigenvalue weighted by atomic mass is 10.0. The Morgan fingerprint density at radius 3 is 2.85 bits per heavy atom. The molecule has 0 unspecified atom stereocenters. The summed E-state index contributed by atoms with van der Waals surface area (Å²) in [4.78, 5) is 27.4. The van der Waals surface area contributed by atoms with Crippen LogP contribution in [0.4, 0.5) is 11.6 Å². The summed E-state index contributed by atoms with van der Waals surface area (Å²) < 4.78 is 5.71. The molecule has 4 heterocycles. The molecule has 0 bridgehead atoms. The number of hydrogen-bond donors (Lipinski definition) is 2. The van der Waals surface area contributed by atoms with Gasteiger partial charge in [-0.1, -0.05) is 0 Å². The number of fused-ring (bicyclic) bond motifs is 1. The smallest absolute Gasteiger partial charge is 0.245 e. The van der Waals surface area contributed by atoms with E-state index in [1.165, 1.54) is 0 Å². The molecule has 0 saturated carbocycles. The molecule has 2 aromatic heterocycles. The molecule has 2 aliphatic rings. The second-order valence-electron chi connectivity index (χ2n) is 7.48. The van der Waals surface area contributed by atoms with Crippen LogP contribution >= 0.6 is 0 Å². The lowest BCUT2D eigenvalue weighted by molar-refractivity contribution is -0.115. The first-order valence-electron chi connectivity index (χ1n) is 9.13. The summed E-state index contributed by atoms with van der Waals surface area (Å²) in [5.74, 6) is 1.02. The molecule has 142 valence electrons. The van der Waals surface area contributed by atoms with Crippen molar-refractivity contribution < 1.29 is 14.6 Å². The third-order valence-corrected chi connectivity index (χ3v) is 4.78. The molecule has 2 N–H and O–H groups in total. The average Bonchev–Trinajstić information content (AvgIpc) is 3.14. The van der Waals surface area contributed by atoms with Crippen molar-refractivity contribution in [1.82, 2.24) is 15.0 Å². The number of carbonyl (C=O) groups excluding carboxylic acids is 1. The van der Waals surface area contributed by atoms with Crippen molar-refractivity contribution in [2.75, 3.05) is 29.9 Å². The summed E-state index contributed by atoms with van der Waals surface area (Å²) in [7, 11) is 0. The maximum Gasteiger partial charge on any atom is 0.245 e. The highest BCUT2D eigenvalue weighted by molar-refractivity contribution is 5.99. The quantitative estimate of drug-likeness (QED) is 0.846. The predicted molar refractivity (Wildman–Crippen MR) is 100 cm³/mol. The molecule has 0 radical (unpaired) electrons. The minimum Gasteiger partial charge on any atom is -0.384 e. The zero-order chi connectivity index (χ0) is 19.0. The van der Waals surface area contributed by atoms with E-state index < -0.39 is 5.60 Å². The Labute approximate surface area is 157 Å². The normalized spacial score (nSPS) is 19.7. The Bertz CT molecular complexity index is 841. The Balaban J connectivity index is 1.63. The first-order chi connectivity index (χ1) is 12.9. The van der Waals surface area contributed by atoms with Gasteiger partial charge in [0.2, 0.25) is 5.91 Å². The fraction of sp³-hybridized carbons (Fsp3) is 0.474. The molecule has 1 amide bonds. The van der Waals surface area contributed by atoms with E-state index in [1.807, 2.05) is 11.0 Å². The molecule has 4 rings (SSSR count). The van der Waals surface area contributed by atoms with Crippen molar-refractivity contribution in [3.8, 4) is 11.3 Å². The van der Waals surface area contributed by atoms with Gasteiger partial charge in [-0.15, -0.1) is 0 Å². The molecule has 8 nitrogen and oxygen atoms in total. The largest absolute Gasteiger partial charge is 0.384 e. The average molecular weight is 369 g/mol. The van der Waals surface area contributed by atoms with Gasteiger partial charge in [-0.05, 0) is 38.8 Å². The van der Waals surface area contributed by atoms with Crippen LogP contribution in [0.1, 0.15) is 32.4 Å². The Hall–Kier alpha value is -2.58. The van der Waals surface area contributed by atoms with Gasteiger partial charge in [-0.3, -0.25) is 9.78 Å². The van der Waals surface area contributed by atoms with Crippen LogP contribution in [0.2, 0.25) is 0 Å².